The summed E-state index contributed by atoms with van der Waals surface area (Å²) < 4.78 is 40.6. The molecule has 196 valence electrons. The predicted molar refractivity (Wildman–Crippen MR) is 135 cm³/mol. The highest BCUT2D eigenvalue weighted by Crippen LogP contribution is 2.34. The first-order valence-electron chi connectivity index (χ1n) is 11.1. The van der Waals surface area contributed by atoms with Crippen LogP contribution in [0.3, 0.4) is 0 Å². The number of rotatable bonds is 6. The Morgan fingerprint density at radius 2 is 1.74 bits per heavy atom. The highest BCUT2D eigenvalue weighted by molar-refractivity contribution is 8.18. The molecule has 0 aliphatic carbocycles. The molecule has 1 aromatic heterocycles. The molecule has 3 amide bonds. The van der Waals surface area contributed by atoms with E-state index in [0.29, 0.717) is 23.0 Å². The van der Waals surface area contributed by atoms with Gasteiger partial charge in [-0.1, -0.05) is 6.07 Å². The third-order valence-electron chi connectivity index (χ3n) is 5.78. The van der Waals surface area contributed by atoms with Crippen molar-refractivity contribution in [3.63, 3.8) is 0 Å². The number of carbonyl (C=O) groups excluding carboxylic acids is 3. The first-order chi connectivity index (χ1) is 17.8. The number of thioether (sulfide) groups is 1. The maximum absolute atomic E-state index is 12.9. The van der Waals surface area contributed by atoms with Crippen LogP contribution in [0.2, 0.25) is 0 Å². The number of nitrogens with one attached hydrogen (secondary N) is 1. The largest absolute Gasteiger partial charge is 0.478 e. The highest BCUT2D eigenvalue weighted by atomic mass is 32.2. The minimum absolute atomic E-state index is 0.0864. The van der Waals surface area contributed by atoms with Crippen LogP contribution in [-0.2, 0) is 15.8 Å². The Balaban J connectivity index is 1.50. The van der Waals surface area contributed by atoms with Crippen molar-refractivity contribution in [2.45, 2.75) is 20.0 Å². The molecule has 0 bridgehead atoms. The molecule has 1 aliphatic rings. The Morgan fingerprint density at radius 3 is 2.37 bits per heavy atom. The number of aryl methyl sites for hydroxylation is 1. The highest BCUT2D eigenvalue weighted by Gasteiger charge is 2.37. The molecule has 1 fully saturated rings. The lowest BCUT2D eigenvalue weighted by Crippen LogP contribution is -2.36. The van der Waals surface area contributed by atoms with Crippen molar-refractivity contribution >= 4 is 46.5 Å². The van der Waals surface area contributed by atoms with Gasteiger partial charge in [-0.3, -0.25) is 19.3 Å². The van der Waals surface area contributed by atoms with Gasteiger partial charge in [0.05, 0.1) is 16.0 Å². The number of carboxylic acids is 1. The van der Waals surface area contributed by atoms with Gasteiger partial charge in [-0.15, -0.1) is 0 Å². The molecule has 2 heterocycles. The van der Waals surface area contributed by atoms with Crippen molar-refractivity contribution in [3.05, 3.63) is 87.6 Å². The Labute approximate surface area is 218 Å². The third-order valence-corrected chi connectivity index (χ3v) is 6.69. The number of carbonyl (C=O) groups is 4. The number of aromatic nitrogens is 1. The van der Waals surface area contributed by atoms with Gasteiger partial charge in [0.1, 0.15) is 6.54 Å². The summed E-state index contributed by atoms with van der Waals surface area (Å²) in [5.41, 5.74) is 1.97. The van der Waals surface area contributed by atoms with E-state index >= 15 is 0 Å². The van der Waals surface area contributed by atoms with Crippen LogP contribution in [0.4, 0.5) is 23.7 Å². The van der Waals surface area contributed by atoms with E-state index in [2.05, 4.69) is 5.32 Å². The summed E-state index contributed by atoms with van der Waals surface area (Å²) in [7, 11) is 0. The normalized spacial score (nSPS) is 14.9. The van der Waals surface area contributed by atoms with Crippen LogP contribution in [0, 0.1) is 13.8 Å². The fourth-order valence-corrected chi connectivity index (χ4v) is 4.81. The van der Waals surface area contributed by atoms with Crippen molar-refractivity contribution in [1.82, 2.24) is 9.47 Å². The van der Waals surface area contributed by atoms with Gasteiger partial charge in [-0.25, -0.2) is 4.79 Å². The molecule has 0 saturated carbocycles. The summed E-state index contributed by atoms with van der Waals surface area (Å²) in [5.74, 6) is -2.57. The first-order valence-corrected chi connectivity index (χ1v) is 11.9. The van der Waals surface area contributed by atoms with Crippen LogP contribution in [0.5, 0.6) is 0 Å². The van der Waals surface area contributed by atoms with E-state index in [9.17, 15) is 32.3 Å². The molecular weight excluding hydrogens is 523 g/mol. The number of anilines is 1. The van der Waals surface area contributed by atoms with E-state index in [-0.39, 0.29) is 16.2 Å². The minimum atomic E-state index is -4.59. The monoisotopic (exact) mass is 543 g/mol. The number of carboxylic acid groups (broad SMARTS) is 1. The Hall–Kier alpha value is -4.32. The number of hydrogen-bond donors (Lipinski definition) is 2. The van der Waals surface area contributed by atoms with Gasteiger partial charge in [-0.05, 0) is 85.8 Å². The van der Waals surface area contributed by atoms with Crippen molar-refractivity contribution in [3.8, 4) is 5.69 Å². The van der Waals surface area contributed by atoms with Crippen LogP contribution in [0.25, 0.3) is 11.8 Å². The van der Waals surface area contributed by atoms with Gasteiger partial charge in [-0.2, -0.15) is 13.2 Å². The van der Waals surface area contributed by atoms with Gasteiger partial charge in [0.25, 0.3) is 11.1 Å². The molecule has 0 radical (unpaired) electrons. The smallest absolute Gasteiger partial charge is 0.416 e. The summed E-state index contributed by atoms with van der Waals surface area (Å²) >= 11 is 0.651. The summed E-state index contributed by atoms with van der Waals surface area (Å²) in [4.78, 5) is 49.7. The number of benzene rings is 2. The van der Waals surface area contributed by atoms with Gasteiger partial charge < -0.3 is 15.0 Å². The quantitative estimate of drug-likeness (QED) is 0.398. The number of nitrogens with zero attached hydrogens (tertiary/aromatic N) is 2. The van der Waals surface area contributed by atoms with E-state index in [1.165, 1.54) is 24.3 Å². The summed E-state index contributed by atoms with van der Waals surface area (Å²) in [6.07, 6.45) is -3.06. The number of halogens is 3. The fourth-order valence-electron chi connectivity index (χ4n) is 3.98. The van der Waals surface area contributed by atoms with Crippen molar-refractivity contribution in [1.29, 1.82) is 0 Å². The molecule has 4 rings (SSSR count). The molecule has 0 atom stereocenters. The molecule has 38 heavy (non-hydrogen) atoms. The lowest BCUT2D eigenvalue weighted by atomic mass is 10.2. The number of aromatic carboxylic acids is 1. The fraction of sp³-hybridized carbons (Fsp3) is 0.154. The molecule has 2 N–H and O–H groups in total. The van der Waals surface area contributed by atoms with Crippen LogP contribution < -0.4 is 5.32 Å². The van der Waals surface area contributed by atoms with Crippen molar-refractivity contribution in [2.75, 3.05) is 11.9 Å². The molecule has 8 nitrogen and oxygen atoms in total. The molecule has 3 aromatic rings. The van der Waals surface area contributed by atoms with Crippen molar-refractivity contribution < 1.29 is 37.5 Å². The summed E-state index contributed by atoms with van der Waals surface area (Å²) in [5, 5.41) is 10.7. The van der Waals surface area contributed by atoms with E-state index < -0.39 is 41.3 Å². The Kier molecular flexibility index (Phi) is 7.18. The SMILES string of the molecule is Cc1cc(/C=C2\SC(=O)N(CC(=O)Nc3cccc(C(F)(F)F)c3)C2=O)c(C)n1-c1ccc(C(=O)O)cc1. The zero-order chi connectivity index (χ0) is 27.8. The number of alkyl halides is 3. The first kappa shape index (κ1) is 26.7. The van der Waals surface area contributed by atoms with E-state index in [1.807, 2.05) is 11.5 Å². The molecule has 1 saturated heterocycles. The standard InChI is InChI=1S/C26H20F3N3O5S/c1-14-10-17(15(2)32(14)20-8-6-16(7-9-20)24(35)36)11-21-23(34)31(25(37)38-21)13-22(33)30-19-5-3-4-18(12-19)26(27,28)29/h3-12H,13H2,1-2H3,(H,30,33)(H,35,36)/b21-11-. The van der Waals surface area contributed by atoms with E-state index in [4.69, 9.17) is 5.11 Å². The summed E-state index contributed by atoms with van der Waals surface area (Å²) in [6, 6.07) is 12.1. The van der Waals surface area contributed by atoms with Gasteiger partial charge >= 0.3 is 12.1 Å². The zero-order valence-electron chi connectivity index (χ0n) is 20.0. The van der Waals surface area contributed by atoms with Crippen LogP contribution in [0.1, 0.15) is 32.9 Å². The average Bonchev–Trinajstić information content (AvgIpc) is 3.27. The number of imide groups is 1. The topological polar surface area (TPSA) is 109 Å². The van der Waals surface area contributed by atoms with Crippen LogP contribution in [0.15, 0.2) is 59.5 Å². The van der Waals surface area contributed by atoms with E-state index in [1.54, 1.807) is 25.1 Å². The van der Waals surface area contributed by atoms with Gasteiger partial charge in [0.2, 0.25) is 5.91 Å². The Bertz CT molecular complexity index is 1490. The molecular formula is C26H20F3N3O5S. The maximum atomic E-state index is 12.9. The molecule has 0 unspecified atom stereocenters. The predicted octanol–water partition coefficient (Wildman–Crippen LogP) is 5.49. The van der Waals surface area contributed by atoms with Crippen molar-refractivity contribution in [2.24, 2.45) is 0 Å². The summed E-state index contributed by atoms with van der Waals surface area (Å²) in [6.45, 7) is 2.98. The lowest BCUT2D eigenvalue weighted by Gasteiger charge is -2.13. The maximum Gasteiger partial charge on any atom is 0.416 e. The molecule has 2 aromatic carbocycles. The Morgan fingerprint density at radius 1 is 1.05 bits per heavy atom. The van der Waals surface area contributed by atoms with E-state index in [0.717, 1.165) is 34.5 Å². The second-order valence-corrected chi connectivity index (χ2v) is 9.40. The van der Waals surface area contributed by atoms with Gasteiger partial charge in [0.15, 0.2) is 0 Å². The minimum Gasteiger partial charge on any atom is -0.478 e. The number of amides is 3. The third kappa shape index (κ3) is 5.49. The second-order valence-electron chi connectivity index (χ2n) is 8.41. The average molecular weight is 544 g/mol. The number of hydrogen-bond acceptors (Lipinski definition) is 5. The lowest BCUT2D eigenvalue weighted by molar-refractivity contribution is -0.137. The zero-order valence-corrected chi connectivity index (χ0v) is 20.8. The molecule has 0 spiro atoms. The van der Waals surface area contributed by atoms with Gasteiger partial charge in [0, 0.05) is 22.8 Å². The molecule has 12 heteroatoms. The van der Waals surface area contributed by atoms with Crippen LogP contribution >= 0.6 is 11.8 Å². The molecule has 1 aliphatic heterocycles. The van der Waals surface area contributed by atoms with Crippen LogP contribution in [-0.4, -0.2) is 44.1 Å². The second kappa shape index (κ2) is 10.2.